The zero-order valence-electron chi connectivity index (χ0n) is 12.0. The zero-order chi connectivity index (χ0) is 15.1. The van der Waals surface area contributed by atoms with Gasteiger partial charge in [-0.1, -0.05) is 55.5 Å². The SMILES string of the molecule is CCC(C#N)(CNC(=O)c1ccccc1)c1ccccc1. The molecular formula is C18H18N2O. The summed E-state index contributed by atoms with van der Waals surface area (Å²) in [6, 6.07) is 21.0. The smallest absolute Gasteiger partial charge is 0.251 e. The van der Waals surface area contributed by atoms with Crippen LogP contribution < -0.4 is 5.32 Å². The molecule has 3 nitrogen and oxygen atoms in total. The van der Waals surface area contributed by atoms with Crippen molar-refractivity contribution in [2.75, 3.05) is 6.54 Å². The van der Waals surface area contributed by atoms with Crippen molar-refractivity contribution in [1.82, 2.24) is 5.32 Å². The standard InChI is InChI=1S/C18H18N2O/c1-2-18(13-19,16-11-7-4-8-12-16)14-20-17(21)15-9-5-3-6-10-15/h3-12H,2,14H2,1H3,(H,20,21). The van der Waals surface area contributed by atoms with Crippen LogP contribution in [0.15, 0.2) is 60.7 Å². The Balaban J connectivity index is 2.15. The minimum Gasteiger partial charge on any atom is -0.350 e. The van der Waals surface area contributed by atoms with Gasteiger partial charge in [0, 0.05) is 12.1 Å². The normalized spacial score (nSPS) is 13.0. The third-order valence-corrected chi connectivity index (χ3v) is 3.73. The third kappa shape index (κ3) is 3.29. The molecule has 0 aliphatic carbocycles. The quantitative estimate of drug-likeness (QED) is 0.912. The van der Waals surface area contributed by atoms with Crippen LogP contribution in [0.1, 0.15) is 29.3 Å². The van der Waals surface area contributed by atoms with Gasteiger partial charge in [0.05, 0.1) is 11.5 Å². The molecule has 0 heterocycles. The van der Waals surface area contributed by atoms with Gasteiger partial charge in [-0.15, -0.1) is 0 Å². The summed E-state index contributed by atoms with van der Waals surface area (Å²) in [5.74, 6) is -0.153. The van der Waals surface area contributed by atoms with E-state index in [1.807, 2.05) is 55.5 Å². The average Bonchev–Trinajstić information content (AvgIpc) is 2.58. The Morgan fingerprint density at radius 1 is 1.10 bits per heavy atom. The number of amides is 1. The lowest BCUT2D eigenvalue weighted by molar-refractivity contribution is 0.0947. The summed E-state index contributed by atoms with van der Waals surface area (Å²) in [4.78, 5) is 12.1. The highest BCUT2D eigenvalue weighted by Crippen LogP contribution is 2.26. The van der Waals surface area contributed by atoms with Crippen LogP contribution in [-0.4, -0.2) is 12.5 Å². The van der Waals surface area contributed by atoms with Crippen molar-refractivity contribution >= 4 is 5.91 Å². The monoisotopic (exact) mass is 278 g/mol. The number of benzene rings is 2. The first kappa shape index (κ1) is 14.8. The van der Waals surface area contributed by atoms with Crippen LogP contribution in [0.5, 0.6) is 0 Å². The van der Waals surface area contributed by atoms with Gasteiger partial charge in [-0.05, 0) is 24.1 Å². The summed E-state index contributed by atoms with van der Waals surface area (Å²) in [5, 5.41) is 12.5. The van der Waals surface area contributed by atoms with Crippen molar-refractivity contribution in [1.29, 1.82) is 5.26 Å². The predicted octanol–water partition coefficient (Wildman–Crippen LogP) is 3.29. The lowest BCUT2D eigenvalue weighted by Gasteiger charge is -2.26. The maximum absolute atomic E-state index is 12.1. The second-order valence-electron chi connectivity index (χ2n) is 4.96. The highest BCUT2D eigenvalue weighted by Gasteiger charge is 2.30. The molecular weight excluding hydrogens is 260 g/mol. The van der Waals surface area contributed by atoms with E-state index in [-0.39, 0.29) is 5.91 Å². The highest BCUT2D eigenvalue weighted by molar-refractivity contribution is 5.94. The van der Waals surface area contributed by atoms with E-state index in [1.54, 1.807) is 12.1 Å². The van der Waals surface area contributed by atoms with E-state index in [9.17, 15) is 10.1 Å². The van der Waals surface area contributed by atoms with Gasteiger partial charge in [-0.3, -0.25) is 4.79 Å². The van der Waals surface area contributed by atoms with Gasteiger partial charge in [0.2, 0.25) is 0 Å². The van der Waals surface area contributed by atoms with Crippen LogP contribution >= 0.6 is 0 Å². The van der Waals surface area contributed by atoms with Gasteiger partial charge < -0.3 is 5.32 Å². The second-order valence-corrected chi connectivity index (χ2v) is 4.96. The van der Waals surface area contributed by atoms with Gasteiger partial charge in [-0.2, -0.15) is 5.26 Å². The minimum atomic E-state index is -0.689. The topological polar surface area (TPSA) is 52.9 Å². The number of nitrogens with zero attached hydrogens (tertiary/aromatic N) is 1. The van der Waals surface area contributed by atoms with Crippen molar-refractivity contribution in [2.45, 2.75) is 18.8 Å². The van der Waals surface area contributed by atoms with Crippen molar-refractivity contribution < 1.29 is 4.79 Å². The van der Waals surface area contributed by atoms with Gasteiger partial charge >= 0.3 is 0 Å². The van der Waals surface area contributed by atoms with E-state index in [1.165, 1.54) is 0 Å². The molecule has 2 aromatic carbocycles. The number of carbonyl (C=O) groups is 1. The molecule has 0 spiro atoms. The molecule has 106 valence electrons. The summed E-state index contributed by atoms with van der Waals surface area (Å²) < 4.78 is 0. The summed E-state index contributed by atoms with van der Waals surface area (Å²) in [6.45, 7) is 2.27. The molecule has 0 saturated carbocycles. The van der Waals surface area contributed by atoms with Gasteiger partial charge in [0.25, 0.3) is 5.91 Å². The Hall–Kier alpha value is -2.60. The van der Waals surface area contributed by atoms with Crippen LogP contribution in [0.25, 0.3) is 0 Å². The lowest BCUT2D eigenvalue weighted by Crippen LogP contribution is -2.39. The number of nitriles is 1. The van der Waals surface area contributed by atoms with E-state index in [4.69, 9.17) is 0 Å². The van der Waals surface area contributed by atoms with Crippen LogP contribution in [0.3, 0.4) is 0 Å². The largest absolute Gasteiger partial charge is 0.350 e. The highest BCUT2D eigenvalue weighted by atomic mass is 16.1. The molecule has 1 unspecified atom stereocenters. The zero-order valence-corrected chi connectivity index (χ0v) is 12.0. The Morgan fingerprint density at radius 3 is 2.19 bits per heavy atom. The van der Waals surface area contributed by atoms with E-state index < -0.39 is 5.41 Å². The number of hydrogen-bond donors (Lipinski definition) is 1. The third-order valence-electron chi connectivity index (χ3n) is 3.73. The van der Waals surface area contributed by atoms with Gasteiger partial charge in [0.1, 0.15) is 0 Å². The van der Waals surface area contributed by atoms with E-state index in [2.05, 4.69) is 11.4 Å². The fourth-order valence-electron chi connectivity index (χ4n) is 2.29. The molecule has 3 heteroatoms. The summed E-state index contributed by atoms with van der Waals surface area (Å²) >= 11 is 0. The van der Waals surface area contributed by atoms with Crippen molar-refractivity contribution in [2.24, 2.45) is 0 Å². The van der Waals surface area contributed by atoms with Crippen molar-refractivity contribution in [3.63, 3.8) is 0 Å². The molecule has 0 aliphatic heterocycles. The fraction of sp³-hybridized carbons (Fsp3) is 0.222. The number of rotatable bonds is 5. The van der Waals surface area contributed by atoms with Crippen LogP contribution in [0, 0.1) is 11.3 Å². The number of carbonyl (C=O) groups excluding carboxylic acids is 1. The Bertz CT molecular complexity index is 631. The molecule has 0 fully saturated rings. The molecule has 1 amide bonds. The molecule has 0 radical (unpaired) electrons. The Morgan fingerprint density at radius 2 is 1.67 bits per heavy atom. The van der Waals surface area contributed by atoms with E-state index in [0.29, 0.717) is 18.5 Å². The first-order valence-corrected chi connectivity index (χ1v) is 7.02. The van der Waals surface area contributed by atoms with Crippen LogP contribution in [-0.2, 0) is 5.41 Å². The maximum Gasteiger partial charge on any atom is 0.251 e. The summed E-state index contributed by atoms with van der Waals surface area (Å²) in [7, 11) is 0. The van der Waals surface area contributed by atoms with Crippen LogP contribution in [0.2, 0.25) is 0 Å². The summed E-state index contributed by atoms with van der Waals surface area (Å²) in [6.07, 6.45) is 0.641. The average molecular weight is 278 g/mol. The first-order valence-electron chi connectivity index (χ1n) is 7.02. The molecule has 21 heavy (non-hydrogen) atoms. The molecule has 0 aliphatic rings. The van der Waals surface area contributed by atoms with Crippen molar-refractivity contribution in [3.8, 4) is 6.07 Å². The van der Waals surface area contributed by atoms with Gasteiger partial charge in [0.15, 0.2) is 0 Å². The summed E-state index contributed by atoms with van der Waals surface area (Å²) in [5.41, 5.74) is 0.850. The molecule has 2 rings (SSSR count). The minimum absolute atomic E-state index is 0.153. The molecule has 1 atom stereocenters. The predicted molar refractivity (Wildman–Crippen MR) is 82.8 cm³/mol. The second kappa shape index (κ2) is 6.71. The molecule has 2 aromatic rings. The molecule has 1 N–H and O–H groups in total. The number of nitrogens with one attached hydrogen (secondary N) is 1. The first-order chi connectivity index (χ1) is 10.2. The van der Waals surface area contributed by atoms with E-state index >= 15 is 0 Å². The molecule has 0 bridgehead atoms. The molecule has 0 saturated heterocycles. The van der Waals surface area contributed by atoms with Crippen molar-refractivity contribution in [3.05, 3.63) is 71.8 Å². The van der Waals surface area contributed by atoms with Gasteiger partial charge in [-0.25, -0.2) is 0 Å². The van der Waals surface area contributed by atoms with E-state index in [0.717, 1.165) is 5.56 Å². The maximum atomic E-state index is 12.1. The van der Waals surface area contributed by atoms with Crippen LogP contribution in [0.4, 0.5) is 0 Å². The molecule has 0 aromatic heterocycles. The Kier molecular flexibility index (Phi) is 4.73. The fourth-order valence-corrected chi connectivity index (χ4v) is 2.29. The lowest BCUT2D eigenvalue weighted by atomic mass is 9.79. The number of hydrogen-bond acceptors (Lipinski definition) is 2. The Labute approximate surface area is 125 Å².